The average molecular weight is 576 g/mol. The van der Waals surface area contributed by atoms with Gasteiger partial charge in [-0.3, -0.25) is 0 Å². The molecule has 194 valence electrons. The first-order valence-electron chi connectivity index (χ1n) is 13.5. The Morgan fingerprint density at radius 3 is 1.76 bits per heavy atom. The van der Waals surface area contributed by atoms with Crippen LogP contribution in [-0.2, 0) is 19.0 Å². The SMILES string of the molecule is CCC[CH2][Sn]([CH2]CCC)([CH2]CCC)[CH](C)OCC1(C(=O)OCC)CCN(C(=O)OCC)CC1. The molecule has 1 unspecified atom stereocenters. The van der Waals surface area contributed by atoms with Gasteiger partial charge in [-0.2, -0.15) is 0 Å². The van der Waals surface area contributed by atoms with E-state index in [1.54, 1.807) is 4.90 Å². The van der Waals surface area contributed by atoms with Crippen LogP contribution in [-0.4, -0.2) is 72.4 Å². The molecule has 0 aromatic rings. The van der Waals surface area contributed by atoms with E-state index in [1.807, 2.05) is 13.8 Å². The molecule has 0 saturated carbocycles. The summed E-state index contributed by atoms with van der Waals surface area (Å²) in [5, 5.41) is 0. The zero-order valence-electron chi connectivity index (χ0n) is 22.4. The van der Waals surface area contributed by atoms with Crippen molar-refractivity contribution in [3.05, 3.63) is 0 Å². The molecule has 0 spiro atoms. The van der Waals surface area contributed by atoms with Crippen molar-refractivity contribution in [3.63, 3.8) is 0 Å². The van der Waals surface area contributed by atoms with Crippen LogP contribution in [0, 0.1) is 5.41 Å². The van der Waals surface area contributed by atoms with E-state index in [1.165, 1.54) is 51.8 Å². The standard InChI is InChI=1S/C14H24NO5.3C4H9.Sn/c1-4-18-11-14(12(16)19-5-2)7-9-15(10-8-14)13(17)20-6-3;3*1-3-4-2;/h4H,5-11H2,1-3H3;3*1,3-4H2,2H3;. The molecule has 1 amide bonds. The fourth-order valence-electron chi connectivity index (χ4n) is 5.06. The van der Waals surface area contributed by atoms with E-state index in [4.69, 9.17) is 14.2 Å². The van der Waals surface area contributed by atoms with Gasteiger partial charge in [0.1, 0.15) is 0 Å². The number of piperidine rings is 1. The van der Waals surface area contributed by atoms with Crippen molar-refractivity contribution >= 4 is 30.4 Å². The molecule has 1 saturated heterocycles. The van der Waals surface area contributed by atoms with Crippen molar-refractivity contribution in [1.29, 1.82) is 0 Å². The maximum atomic E-state index is 13.1. The van der Waals surface area contributed by atoms with E-state index < -0.39 is 23.8 Å². The molecule has 1 aliphatic rings. The van der Waals surface area contributed by atoms with Crippen LogP contribution in [0.2, 0.25) is 13.3 Å². The molecule has 0 aromatic heterocycles. The second-order valence-corrected chi connectivity index (χ2v) is 24.2. The first kappa shape index (κ1) is 30.5. The monoisotopic (exact) mass is 577 g/mol. The van der Waals surface area contributed by atoms with Crippen molar-refractivity contribution < 1.29 is 23.8 Å². The summed E-state index contributed by atoms with van der Waals surface area (Å²) in [6.45, 7) is 15.0. The molecular formula is C26H51NO5Sn. The fourth-order valence-corrected chi connectivity index (χ4v) is 21.0. The van der Waals surface area contributed by atoms with Gasteiger partial charge in [-0.15, -0.1) is 0 Å². The number of esters is 1. The number of hydrogen-bond acceptors (Lipinski definition) is 5. The number of carbonyl (C=O) groups is 2. The van der Waals surface area contributed by atoms with Crippen LogP contribution in [0.3, 0.4) is 0 Å². The van der Waals surface area contributed by atoms with Gasteiger partial charge in [0, 0.05) is 0 Å². The summed E-state index contributed by atoms with van der Waals surface area (Å²) in [7, 11) is 0. The van der Waals surface area contributed by atoms with Crippen LogP contribution in [0.25, 0.3) is 0 Å². The topological polar surface area (TPSA) is 65.1 Å². The fraction of sp³-hybridized carbons (Fsp3) is 0.923. The molecule has 7 heteroatoms. The Bertz CT molecular complexity index is 541. The van der Waals surface area contributed by atoms with Crippen molar-refractivity contribution in [2.45, 2.75) is 110 Å². The molecule has 1 aliphatic heterocycles. The Morgan fingerprint density at radius 2 is 1.33 bits per heavy atom. The number of hydrogen-bond donors (Lipinski definition) is 0. The Labute approximate surface area is 207 Å². The number of rotatable bonds is 16. The van der Waals surface area contributed by atoms with Gasteiger partial charge in [0.2, 0.25) is 0 Å². The summed E-state index contributed by atoms with van der Waals surface area (Å²) < 4.78 is 21.8. The van der Waals surface area contributed by atoms with Gasteiger partial charge < -0.3 is 0 Å². The van der Waals surface area contributed by atoms with Crippen LogP contribution in [0.15, 0.2) is 0 Å². The Hall–Kier alpha value is -0.501. The first-order chi connectivity index (χ1) is 15.8. The quantitative estimate of drug-likeness (QED) is 0.153. The van der Waals surface area contributed by atoms with Crippen molar-refractivity contribution in [2.24, 2.45) is 5.41 Å². The molecule has 0 bridgehead atoms. The maximum absolute atomic E-state index is 13.1. The van der Waals surface area contributed by atoms with Gasteiger partial charge in [-0.05, 0) is 0 Å². The number of amides is 1. The average Bonchev–Trinajstić information content (AvgIpc) is 2.83. The van der Waals surface area contributed by atoms with E-state index in [0.29, 0.717) is 49.9 Å². The van der Waals surface area contributed by atoms with Gasteiger partial charge >= 0.3 is 208 Å². The van der Waals surface area contributed by atoms with Gasteiger partial charge in [0.25, 0.3) is 0 Å². The Balaban J connectivity index is 2.99. The minimum atomic E-state index is -2.55. The number of carbonyl (C=O) groups excluding carboxylic acids is 2. The number of likely N-dealkylation sites (tertiary alicyclic amines) is 1. The molecule has 33 heavy (non-hydrogen) atoms. The van der Waals surface area contributed by atoms with Gasteiger partial charge in [-0.1, -0.05) is 0 Å². The second-order valence-electron chi connectivity index (χ2n) is 9.81. The number of unbranched alkanes of at least 4 members (excludes halogenated alkanes) is 3. The molecule has 1 fully saturated rings. The zero-order valence-corrected chi connectivity index (χ0v) is 25.2. The Morgan fingerprint density at radius 1 is 0.848 bits per heavy atom. The van der Waals surface area contributed by atoms with Gasteiger partial charge in [-0.25, -0.2) is 0 Å². The molecule has 1 atom stereocenters. The third kappa shape index (κ3) is 9.23. The summed E-state index contributed by atoms with van der Waals surface area (Å²) in [6, 6.07) is 0. The zero-order chi connectivity index (χ0) is 24.7. The van der Waals surface area contributed by atoms with Gasteiger partial charge in [0.15, 0.2) is 0 Å². The predicted molar refractivity (Wildman–Crippen MR) is 137 cm³/mol. The first-order valence-corrected chi connectivity index (χ1v) is 21.2. The summed E-state index contributed by atoms with van der Waals surface area (Å²) in [6.07, 6.45) is 8.45. The second kappa shape index (κ2) is 16.2. The molecule has 0 aromatic carbocycles. The van der Waals surface area contributed by atoms with E-state index in [2.05, 4.69) is 27.7 Å². The summed E-state index contributed by atoms with van der Waals surface area (Å²) in [5.41, 5.74) is -0.662. The number of ether oxygens (including phenoxy) is 3. The van der Waals surface area contributed by atoms with E-state index >= 15 is 0 Å². The molecule has 6 nitrogen and oxygen atoms in total. The van der Waals surface area contributed by atoms with E-state index in [0.717, 1.165) is 0 Å². The molecule has 0 N–H and O–H groups in total. The van der Waals surface area contributed by atoms with Crippen molar-refractivity contribution in [2.75, 3.05) is 32.9 Å². The van der Waals surface area contributed by atoms with Crippen LogP contribution < -0.4 is 0 Å². The van der Waals surface area contributed by atoms with E-state index in [9.17, 15) is 9.59 Å². The molecule has 0 radical (unpaired) electrons. The normalized spacial score (nSPS) is 17.0. The molecule has 1 rings (SSSR count). The number of nitrogens with zero attached hydrogens (tertiary/aromatic N) is 1. The van der Waals surface area contributed by atoms with Crippen molar-refractivity contribution in [3.8, 4) is 0 Å². The predicted octanol–water partition coefficient (Wildman–Crippen LogP) is 6.58. The van der Waals surface area contributed by atoms with Crippen LogP contribution in [0.4, 0.5) is 4.79 Å². The van der Waals surface area contributed by atoms with Crippen LogP contribution in [0.5, 0.6) is 0 Å². The van der Waals surface area contributed by atoms with E-state index in [-0.39, 0.29) is 12.1 Å². The summed E-state index contributed by atoms with van der Waals surface area (Å²) in [5.74, 6) is -0.169. The summed E-state index contributed by atoms with van der Waals surface area (Å²) >= 11 is -2.55. The van der Waals surface area contributed by atoms with Crippen LogP contribution in [0.1, 0.15) is 92.9 Å². The summed E-state index contributed by atoms with van der Waals surface area (Å²) in [4.78, 5) is 27.0. The minimum absolute atomic E-state index is 0.169. The van der Waals surface area contributed by atoms with Crippen molar-refractivity contribution in [1.82, 2.24) is 4.90 Å². The molecular weight excluding hydrogens is 525 g/mol. The third-order valence-corrected chi connectivity index (χ3v) is 24.5. The third-order valence-electron chi connectivity index (χ3n) is 7.51. The van der Waals surface area contributed by atoms with Gasteiger partial charge in [0.05, 0.1) is 0 Å². The molecule has 1 heterocycles. The van der Waals surface area contributed by atoms with Crippen LogP contribution >= 0.6 is 0 Å². The molecule has 0 aliphatic carbocycles. The Kier molecular flexibility index (Phi) is 15.0.